The highest BCUT2D eigenvalue weighted by Gasteiger charge is 2.07. The smallest absolute Gasteiger partial charge is 0.216 e. The maximum atomic E-state index is 11.3. The molecule has 0 aliphatic rings. The Kier molecular flexibility index (Phi) is 3.33. The molecule has 0 aliphatic carbocycles. The normalized spacial score (nSPS) is 9.69. The van der Waals surface area contributed by atoms with Gasteiger partial charge in [0.2, 0.25) is 5.88 Å². The van der Waals surface area contributed by atoms with E-state index in [0.717, 1.165) is 0 Å². The summed E-state index contributed by atoms with van der Waals surface area (Å²) in [5, 5.41) is 0. The van der Waals surface area contributed by atoms with Crippen molar-refractivity contribution in [2.45, 2.75) is 6.42 Å². The Balaban J connectivity index is 2.82. The molecule has 5 heteroatoms. The van der Waals surface area contributed by atoms with E-state index in [1.165, 1.54) is 19.5 Å². The molecule has 1 heterocycles. The van der Waals surface area contributed by atoms with E-state index in [0.29, 0.717) is 24.5 Å². The van der Waals surface area contributed by atoms with Crippen LogP contribution in [0.5, 0.6) is 5.88 Å². The Morgan fingerprint density at radius 3 is 3.00 bits per heavy atom. The van der Waals surface area contributed by atoms with E-state index in [1.807, 2.05) is 0 Å². The minimum absolute atomic E-state index is 0.0943. The van der Waals surface area contributed by atoms with Gasteiger partial charge in [-0.2, -0.15) is 0 Å². The molecule has 0 unspecified atom stereocenters. The van der Waals surface area contributed by atoms with Crippen molar-refractivity contribution in [2.75, 3.05) is 13.7 Å². The van der Waals surface area contributed by atoms with Crippen LogP contribution in [-0.2, 0) is 0 Å². The van der Waals surface area contributed by atoms with E-state index in [-0.39, 0.29) is 5.78 Å². The number of nitrogens with two attached hydrogens (primary N) is 1. The molecule has 0 aliphatic heterocycles. The van der Waals surface area contributed by atoms with Crippen LogP contribution < -0.4 is 10.5 Å². The number of ether oxygens (including phenoxy) is 1. The molecular formula is C8H11N3O2. The minimum atomic E-state index is -0.0943. The molecule has 0 radical (unpaired) electrons. The zero-order valence-electron chi connectivity index (χ0n) is 7.36. The molecular weight excluding hydrogens is 170 g/mol. The highest BCUT2D eigenvalue weighted by molar-refractivity contribution is 5.94. The van der Waals surface area contributed by atoms with Crippen LogP contribution in [0.4, 0.5) is 0 Å². The van der Waals surface area contributed by atoms with Gasteiger partial charge in [-0.1, -0.05) is 0 Å². The summed E-state index contributed by atoms with van der Waals surface area (Å²) in [5.41, 5.74) is 5.59. The fraction of sp³-hybridized carbons (Fsp3) is 0.375. The van der Waals surface area contributed by atoms with Crippen LogP contribution in [0.25, 0.3) is 0 Å². The lowest BCUT2D eigenvalue weighted by atomic mass is 10.2. The van der Waals surface area contributed by atoms with E-state index in [1.54, 1.807) is 0 Å². The van der Waals surface area contributed by atoms with Crippen LogP contribution in [0.3, 0.4) is 0 Å². The van der Waals surface area contributed by atoms with Gasteiger partial charge in [0, 0.05) is 12.5 Å². The van der Waals surface area contributed by atoms with Gasteiger partial charge in [-0.05, 0) is 6.54 Å². The first-order chi connectivity index (χ1) is 6.27. The summed E-state index contributed by atoms with van der Waals surface area (Å²) in [6, 6.07) is 1.50. The standard InChI is InChI=1S/C8H11N3O2/c1-13-8-4-6(10-5-11-8)7(12)2-3-9/h4-5H,2-3,9H2,1H3. The third-order valence-electron chi connectivity index (χ3n) is 1.51. The van der Waals surface area contributed by atoms with Crippen LogP contribution in [0, 0.1) is 0 Å². The third-order valence-corrected chi connectivity index (χ3v) is 1.51. The molecule has 0 spiro atoms. The van der Waals surface area contributed by atoms with Gasteiger partial charge < -0.3 is 10.5 Å². The molecule has 1 aromatic rings. The lowest BCUT2D eigenvalue weighted by Crippen LogP contribution is -2.10. The first kappa shape index (κ1) is 9.60. The molecule has 0 amide bonds. The minimum Gasteiger partial charge on any atom is -0.481 e. The van der Waals surface area contributed by atoms with Crippen LogP contribution >= 0.6 is 0 Å². The largest absolute Gasteiger partial charge is 0.481 e. The number of Topliss-reactive ketones (excluding diaryl/α,β-unsaturated/α-hetero) is 1. The van der Waals surface area contributed by atoms with Gasteiger partial charge in [0.15, 0.2) is 5.78 Å². The highest BCUT2D eigenvalue weighted by atomic mass is 16.5. The van der Waals surface area contributed by atoms with Crippen LogP contribution in [0.1, 0.15) is 16.9 Å². The lowest BCUT2D eigenvalue weighted by molar-refractivity contribution is 0.0980. The second-order valence-electron chi connectivity index (χ2n) is 2.41. The zero-order valence-corrected chi connectivity index (χ0v) is 7.36. The topological polar surface area (TPSA) is 78.1 Å². The van der Waals surface area contributed by atoms with Crippen molar-refractivity contribution >= 4 is 5.78 Å². The van der Waals surface area contributed by atoms with Crippen LogP contribution in [-0.4, -0.2) is 29.4 Å². The van der Waals surface area contributed by atoms with E-state index >= 15 is 0 Å². The molecule has 0 saturated carbocycles. The van der Waals surface area contributed by atoms with Crippen molar-refractivity contribution < 1.29 is 9.53 Å². The van der Waals surface area contributed by atoms with E-state index < -0.39 is 0 Å². The van der Waals surface area contributed by atoms with Crippen molar-refractivity contribution in [3.05, 3.63) is 18.1 Å². The molecule has 0 bridgehead atoms. The fourth-order valence-corrected chi connectivity index (χ4v) is 0.863. The van der Waals surface area contributed by atoms with Gasteiger partial charge in [0.25, 0.3) is 0 Å². The molecule has 1 rings (SSSR count). The SMILES string of the molecule is COc1cc(C(=O)CCN)ncn1. The van der Waals surface area contributed by atoms with E-state index in [4.69, 9.17) is 10.5 Å². The summed E-state index contributed by atoms with van der Waals surface area (Å²) in [4.78, 5) is 18.9. The second kappa shape index (κ2) is 4.51. The number of carbonyl (C=O) groups excluding carboxylic acids is 1. The fourth-order valence-electron chi connectivity index (χ4n) is 0.863. The van der Waals surface area contributed by atoms with Crippen LogP contribution in [0.2, 0.25) is 0 Å². The maximum Gasteiger partial charge on any atom is 0.216 e. The van der Waals surface area contributed by atoms with Gasteiger partial charge in [0.05, 0.1) is 7.11 Å². The van der Waals surface area contributed by atoms with Gasteiger partial charge in [-0.25, -0.2) is 9.97 Å². The molecule has 1 aromatic heterocycles. The molecule has 0 aromatic carbocycles. The van der Waals surface area contributed by atoms with Crippen molar-refractivity contribution in [1.82, 2.24) is 9.97 Å². The Morgan fingerprint density at radius 1 is 1.62 bits per heavy atom. The lowest BCUT2D eigenvalue weighted by Gasteiger charge is -2.00. The van der Waals surface area contributed by atoms with Gasteiger partial charge in [0.1, 0.15) is 12.0 Å². The number of hydrogen-bond acceptors (Lipinski definition) is 5. The monoisotopic (exact) mass is 181 g/mol. The maximum absolute atomic E-state index is 11.3. The van der Waals surface area contributed by atoms with Crippen LogP contribution in [0.15, 0.2) is 12.4 Å². The van der Waals surface area contributed by atoms with Crippen molar-refractivity contribution in [1.29, 1.82) is 0 Å². The number of rotatable bonds is 4. The predicted molar refractivity (Wildman–Crippen MR) is 46.6 cm³/mol. The predicted octanol–water partition coefficient (Wildman–Crippen LogP) is 0.0167. The van der Waals surface area contributed by atoms with Crippen molar-refractivity contribution in [3.8, 4) is 5.88 Å². The third kappa shape index (κ3) is 2.48. The first-order valence-corrected chi connectivity index (χ1v) is 3.87. The summed E-state index contributed by atoms with van der Waals surface area (Å²) in [6.45, 7) is 0.325. The molecule has 5 nitrogen and oxygen atoms in total. The average molecular weight is 181 g/mol. The van der Waals surface area contributed by atoms with Gasteiger partial charge in [-0.3, -0.25) is 4.79 Å². The number of ketones is 1. The van der Waals surface area contributed by atoms with Gasteiger partial charge in [-0.15, -0.1) is 0 Å². The number of hydrogen-bond donors (Lipinski definition) is 1. The molecule has 2 N–H and O–H groups in total. The Bertz CT molecular complexity index is 301. The highest BCUT2D eigenvalue weighted by Crippen LogP contribution is 2.07. The quantitative estimate of drug-likeness (QED) is 0.662. The molecule has 70 valence electrons. The number of nitrogens with zero attached hydrogens (tertiary/aromatic N) is 2. The Labute approximate surface area is 75.9 Å². The van der Waals surface area contributed by atoms with E-state index in [9.17, 15) is 4.79 Å². The Morgan fingerprint density at radius 2 is 2.38 bits per heavy atom. The summed E-state index contributed by atoms with van der Waals surface area (Å²) in [7, 11) is 1.49. The summed E-state index contributed by atoms with van der Waals surface area (Å²) in [5.74, 6) is 0.290. The van der Waals surface area contributed by atoms with Crippen molar-refractivity contribution in [3.63, 3.8) is 0 Å². The first-order valence-electron chi connectivity index (χ1n) is 3.87. The summed E-state index contributed by atoms with van der Waals surface area (Å²) < 4.78 is 4.85. The average Bonchev–Trinajstić information content (AvgIpc) is 2.18. The van der Waals surface area contributed by atoms with E-state index in [2.05, 4.69) is 9.97 Å². The van der Waals surface area contributed by atoms with Crippen molar-refractivity contribution in [2.24, 2.45) is 5.73 Å². The summed E-state index contributed by atoms with van der Waals surface area (Å²) >= 11 is 0. The number of aromatic nitrogens is 2. The Hall–Kier alpha value is -1.49. The molecule has 13 heavy (non-hydrogen) atoms. The zero-order chi connectivity index (χ0) is 9.68. The van der Waals surface area contributed by atoms with Gasteiger partial charge >= 0.3 is 0 Å². The molecule has 0 atom stereocenters. The number of methoxy groups -OCH3 is 1. The number of carbonyl (C=O) groups is 1. The molecule has 0 saturated heterocycles. The summed E-state index contributed by atoms with van der Waals surface area (Å²) in [6.07, 6.45) is 1.59. The second-order valence-corrected chi connectivity index (χ2v) is 2.41. The molecule has 0 fully saturated rings.